The van der Waals surface area contributed by atoms with E-state index < -0.39 is 6.10 Å². The molecule has 0 saturated heterocycles. The zero-order chi connectivity index (χ0) is 14.0. The van der Waals surface area contributed by atoms with E-state index in [9.17, 15) is 5.11 Å². The van der Waals surface area contributed by atoms with E-state index in [-0.39, 0.29) is 5.41 Å². The van der Waals surface area contributed by atoms with Crippen molar-refractivity contribution in [3.8, 4) is 0 Å². The highest BCUT2D eigenvalue weighted by Crippen LogP contribution is 2.39. The summed E-state index contributed by atoms with van der Waals surface area (Å²) in [5, 5.41) is 10.6. The van der Waals surface area contributed by atoms with Crippen molar-refractivity contribution in [3.05, 3.63) is 35.9 Å². The predicted molar refractivity (Wildman–Crippen MR) is 80.0 cm³/mol. The summed E-state index contributed by atoms with van der Waals surface area (Å²) < 4.78 is 0. The first-order valence-electron chi connectivity index (χ1n) is 7.31. The van der Waals surface area contributed by atoms with Crippen molar-refractivity contribution in [2.24, 2.45) is 17.3 Å². The van der Waals surface area contributed by atoms with Crippen LogP contribution in [0.25, 0.3) is 0 Å². The smallest absolute Gasteiger partial charge is 0.0853 e. The first kappa shape index (κ1) is 14.5. The van der Waals surface area contributed by atoms with Crippen LogP contribution in [0, 0.1) is 17.3 Å². The fraction of sp³-hybridized carbons (Fsp3) is 0.647. The molecule has 2 heteroatoms. The Morgan fingerprint density at radius 3 is 2.42 bits per heavy atom. The summed E-state index contributed by atoms with van der Waals surface area (Å²) in [6.07, 6.45) is 0.958. The van der Waals surface area contributed by atoms with Gasteiger partial charge in [-0.1, -0.05) is 51.1 Å². The summed E-state index contributed by atoms with van der Waals surface area (Å²) >= 11 is 0. The highest BCUT2D eigenvalue weighted by Gasteiger charge is 2.35. The van der Waals surface area contributed by atoms with Gasteiger partial charge in [0, 0.05) is 18.5 Å². The molecule has 1 saturated carbocycles. The molecule has 1 fully saturated rings. The molecule has 1 aromatic carbocycles. The maximum atomic E-state index is 10.6. The van der Waals surface area contributed by atoms with Gasteiger partial charge in [-0.2, -0.15) is 0 Å². The summed E-state index contributed by atoms with van der Waals surface area (Å²) in [6.45, 7) is 8.70. The molecular weight excluding hydrogens is 234 g/mol. The third-order valence-corrected chi connectivity index (χ3v) is 4.36. The molecule has 0 amide bonds. The van der Waals surface area contributed by atoms with Crippen molar-refractivity contribution < 1.29 is 5.11 Å². The molecule has 19 heavy (non-hydrogen) atoms. The van der Waals surface area contributed by atoms with Crippen LogP contribution >= 0.6 is 0 Å². The minimum absolute atomic E-state index is 0.131. The minimum atomic E-state index is -0.409. The molecule has 3 atom stereocenters. The predicted octanol–water partition coefficient (Wildman–Crippen LogP) is 3.33. The van der Waals surface area contributed by atoms with E-state index >= 15 is 0 Å². The summed E-state index contributed by atoms with van der Waals surface area (Å²) in [5.41, 5.74) is 0.884. The fourth-order valence-electron chi connectivity index (χ4n) is 2.99. The molecule has 0 radical (unpaired) electrons. The highest BCUT2D eigenvalue weighted by molar-refractivity contribution is 5.19. The number of benzene rings is 1. The molecule has 0 bridgehead atoms. The molecular formula is C17H27NO. The van der Waals surface area contributed by atoms with Gasteiger partial charge in [-0.05, 0) is 30.9 Å². The van der Waals surface area contributed by atoms with Crippen molar-refractivity contribution >= 4 is 0 Å². The van der Waals surface area contributed by atoms with E-state index in [1.165, 1.54) is 6.42 Å². The second-order valence-corrected chi connectivity index (χ2v) is 6.97. The molecule has 1 aromatic rings. The fourth-order valence-corrected chi connectivity index (χ4v) is 2.99. The number of nitrogens with zero attached hydrogens (tertiary/aromatic N) is 1. The van der Waals surface area contributed by atoms with Gasteiger partial charge >= 0.3 is 0 Å². The van der Waals surface area contributed by atoms with E-state index in [1.807, 2.05) is 30.3 Å². The quantitative estimate of drug-likeness (QED) is 0.849. The molecule has 1 aliphatic rings. The lowest BCUT2D eigenvalue weighted by atomic mass is 9.82. The zero-order valence-electron chi connectivity index (χ0n) is 12.6. The Morgan fingerprint density at radius 2 is 1.89 bits per heavy atom. The van der Waals surface area contributed by atoms with Crippen molar-refractivity contribution in [1.82, 2.24) is 4.90 Å². The van der Waals surface area contributed by atoms with E-state index in [0.717, 1.165) is 30.5 Å². The largest absolute Gasteiger partial charge is 0.388 e. The third kappa shape index (κ3) is 3.80. The van der Waals surface area contributed by atoms with Crippen LogP contribution in [0.5, 0.6) is 0 Å². The van der Waals surface area contributed by atoms with Crippen LogP contribution in [0.15, 0.2) is 30.3 Å². The molecule has 3 unspecified atom stereocenters. The Morgan fingerprint density at radius 1 is 1.32 bits per heavy atom. The number of aliphatic hydroxyl groups is 1. The van der Waals surface area contributed by atoms with Gasteiger partial charge in [0.15, 0.2) is 0 Å². The topological polar surface area (TPSA) is 23.5 Å². The molecule has 1 aliphatic carbocycles. The summed E-state index contributed by atoms with van der Waals surface area (Å²) in [6, 6.07) is 9.99. The van der Waals surface area contributed by atoms with E-state index in [2.05, 4.69) is 32.7 Å². The molecule has 2 rings (SSSR count). The van der Waals surface area contributed by atoms with Crippen molar-refractivity contribution in [2.45, 2.75) is 33.3 Å². The Kier molecular flexibility index (Phi) is 4.32. The summed E-state index contributed by atoms with van der Waals surface area (Å²) in [5.74, 6) is 1.76. The van der Waals surface area contributed by atoms with Gasteiger partial charge in [0.25, 0.3) is 0 Å². The molecule has 106 valence electrons. The number of aliphatic hydroxyl groups excluding tert-OH is 1. The van der Waals surface area contributed by atoms with Crippen LogP contribution in [0.4, 0.5) is 0 Å². The van der Waals surface area contributed by atoms with E-state index in [1.54, 1.807) is 0 Å². The molecule has 0 heterocycles. The Hall–Kier alpha value is -0.860. The van der Waals surface area contributed by atoms with Crippen LogP contribution < -0.4 is 0 Å². The molecule has 0 aromatic heterocycles. The average Bonchev–Trinajstić information content (AvgIpc) is 3.04. The maximum absolute atomic E-state index is 10.6. The monoisotopic (exact) mass is 261 g/mol. The van der Waals surface area contributed by atoms with Gasteiger partial charge in [0.2, 0.25) is 0 Å². The summed E-state index contributed by atoms with van der Waals surface area (Å²) in [4.78, 5) is 2.38. The van der Waals surface area contributed by atoms with Gasteiger partial charge < -0.3 is 10.0 Å². The second-order valence-electron chi connectivity index (χ2n) is 6.97. The first-order chi connectivity index (χ1) is 8.90. The Bertz CT molecular complexity index is 401. The molecule has 0 aliphatic heterocycles. The van der Waals surface area contributed by atoms with Crippen molar-refractivity contribution in [1.29, 1.82) is 0 Å². The Labute approximate surface area is 117 Å². The van der Waals surface area contributed by atoms with Crippen LogP contribution in [0.3, 0.4) is 0 Å². The van der Waals surface area contributed by atoms with Gasteiger partial charge in [0.05, 0.1) is 6.10 Å². The highest BCUT2D eigenvalue weighted by atomic mass is 16.3. The van der Waals surface area contributed by atoms with Crippen molar-refractivity contribution in [2.75, 3.05) is 20.1 Å². The van der Waals surface area contributed by atoms with Gasteiger partial charge in [-0.15, -0.1) is 0 Å². The maximum Gasteiger partial charge on any atom is 0.0853 e. The Balaban J connectivity index is 1.93. The number of hydrogen-bond acceptors (Lipinski definition) is 2. The number of rotatable bonds is 6. The normalized spacial score (nSPS) is 24.5. The second kappa shape index (κ2) is 5.64. The van der Waals surface area contributed by atoms with Crippen LogP contribution in [-0.2, 0) is 0 Å². The lowest BCUT2D eigenvalue weighted by Gasteiger charge is -2.35. The van der Waals surface area contributed by atoms with Crippen molar-refractivity contribution in [3.63, 3.8) is 0 Å². The third-order valence-electron chi connectivity index (χ3n) is 4.36. The summed E-state index contributed by atoms with van der Waals surface area (Å²) in [7, 11) is 2.17. The molecule has 0 spiro atoms. The van der Waals surface area contributed by atoms with Crippen LogP contribution in [0.2, 0.25) is 0 Å². The lowest BCUT2D eigenvalue weighted by Crippen LogP contribution is -2.37. The van der Waals surface area contributed by atoms with Crippen LogP contribution in [0.1, 0.15) is 38.9 Å². The van der Waals surface area contributed by atoms with E-state index in [4.69, 9.17) is 0 Å². The van der Waals surface area contributed by atoms with Gasteiger partial charge in [0.1, 0.15) is 0 Å². The zero-order valence-corrected chi connectivity index (χ0v) is 12.6. The van der Waals surface area contributed by atoms with E-state index in [0.29, 0.717) is 0 Å². The molecule has 1 N–H and O–H groups in total. The lowest BCUT2D eigenvalue weighted by molar-refractivity contribution is 0.0248. The molecule has 2 nitrogen and oxygen atoms in total. The van der Waals surface area contributed by atoms with Gasteiger partial charge in [-0.3, -0.25) is 0 Å². The first-order valence-corrected chi connectivity index (χ1v) is 7.31. The number of hydrogen-bond donors (Lipinski definition) is 1. The SMILES string of the molecule is CC1CC1CN(C)CC(C)(C)C(O)c1ccccc1. The van der Waals surface area contributed by atoms with Crippen LogP contribution in [-0.4, -0.2) is 30.1 Å². The minimum Gasteiger partial charge on any atom is -0.388 e. The van der Waals surface area contributed by atoms with Gasteiger partial charge in [-0.25, -0.2) is 0 Å². The standard InChI is InChI=1S/C17H27NO/c1-13-10-15(13)11-18(4)12-17(2,3)16(19)14-8-6-5-7-9-14/h5-9,13,15-16,19H,10-12H2,1-4H3. The average molecular weight is 261 g/mol.